The van der Waals surface area contributed by atoms with Gasteiger partial charge in [-0.1, -0.05) is 0 Å². The van der Waals surface area contributed by atoms with Gasteiger partial charge in [-0.3, -0.25) is 4.79 Å². The van der Waals surface area contributed by atoms with Crippen molar-refractivity contribution in [2.45, 2.75) is 6.92 Å². The minimum Gasteiger partial charge on any atom is -0.516 e. The van der Waals surface area contributed by atoms with Crippen LogP contribution in [0.25, 0.3) is 0 Å². The average molecular weight is 164 g/mol. The van der Waals surface area contributed by atoms with E-state index in [1.54, 1.807) is 17.8 Å². The molecule has 0 amide bonds. The molecule has 60 valence electrons. The third kappa shape index (κ3) is 53.5. The fraction of sp³-hybridized carbons (Fsp3) is 0.500. The zero-order valence-electron chi connectivity index (χ0n) is 6.07. The Labute approximate surface area is 64.8 Å². The second-order valence-electron chi connectivity index (χ2n) is 1.36. The summed E-state index contributed by atoms with van der Waals surface area (Å²) in [6, 6.07) is 0. The Balaban J connectivity index is 0. The van der Waals surface area contributed by atoms with Crippen LogP contribution in [0.5, 0.6) is 0 Å². The highest BCUT2D eigenvalue weighted by Gasteiger charge is 1.66. The minimum atomic E-state index is -0.833. The van der Waals surface area contributed by atoms with Gasteiger partial charge in [0.05, 0.1) is 6.26 Å². The number of aliphatic hydroxyl groups is 1. The molecule has 0 heterocycles. The van der Waals surface area contributed by atoms with Crippen LogP contribution >= 0.6 is 11.8 Å². The highest BCUT2D eigenvalue weighted by molar-refractivity contribution is 7.98. The summed E-state index contributed by atoms with van der Waals surface area (Å²) >= 11 is 1.68. The van der Waals surface area contributed by atoms with Gasteiger partial charge in [0.2, 0.25) is 0 Å². The molecule has 0 aromatic rings. The average Bonchev–Trinajstić information content (AvgIpc) is 1.82. The molecule has 0 spiro atoms. The van der Waals surface area contributed by atoms with Crippen LogP contribution in [-0.2, 0) is 4.79 Å². The van der Waals surface area contributed by atoms with Crippen LogP contribution in [0, 0.1) is 0 Å². The standard InChI is InChI=1S/C4H8OS.C2H4O2/c1-6-4-2-3-5;1-2(3)4/h2-3,5H,4H2,1H3;1H3,(H,3,4). The van der Waals surface area contributed by atoms with E-state index in [1.165, 1.54) is 0 Å². The maximum atomic E-state index is 9.00. The Morgan fingerprint density at radius 1 is 1.70 bits per heavy atom. The monoisotopic (exact) mass is 164 g/mol. The highest BCUT2D eigenvalue weighted by atomic mass is 32.2. The molecule has 0 aliphatic rings. The van der Waals surface area contributed by atoms with Crippen molar-refractivity contribution in [1.29, 1.82) is 0 Å². The number of aliphatic hydroxyl groups excluding tert-OH is 1. The molecular formula is C6H12O3S. The van der Waals surface area contributed by atoms with Gasteiger partial charge in [-0.15, -0.1) is 0 Å². The Bertz CT molecular complexity index is 97.2. The van der Waals surface area contributed by atoms with Gasteiger partial charge in [0.1, 0.15) is 0 Å². The molecule has 4 heteroatoms. The van der Waals surface area contributed by atoms with Gasteiger partial charge < -0.3 is 10.2 Å². The molecule has 0 bridgehead atoms. The van der Waals surface area contributed by atoms with Crippen molar-refractivity contribution in [1.82, 2.24) is 0 Å². The molecule has 0 rings (SSSR count). The van der Waals surface area contributed by atoms with Crippen LogP contribution < -0.4 is 0 Å². The molecule has 0 unspecified atom stereocenters. The molecule has 0 fully saturated rings. The second-order valence-corrected chi connectivity index (χ2v) is 2.27. The number of thioether (sulfide) groups is 1. The maximum Gasteiger partial charge on any atom is 0.300 e. The quantitative estimate of drug-likeness (QED) is 0.607. The Morgan fingerprint density at radius 2 is 2.10 bits per heavy atom. The summed E-state index contributed by atoms with van der Waals surface area (Å²) in [7, 11) is 0. The smallest absolute Gasteiger partial charge is 0.300 e. The summed E-state index contributed by atoms with van der Waals surface area (Å²) in [6.45, 7) is 1.08. The molecule has 0 saturated heterocycles. The molecule has 0 saturated carbocycles. The lowest BCUT2D eigenvalue weighted by Crippen LogP contribution is -1.78. The normalized spacial score (nSPS) is 8.60. The van der Waals surface area contributed by atoms with Crippen LogP contribution in [0.15, 0.2) is 12.3 Å². The first kappa shape index (κ1) is 12.1. The van der Waals surface area contributed by atoms with Gasteiger partial charge in [-0.05, 0) is 12.3 Å². The third-order valence-electron chi connectivity index (χ3n) is 0.368. The van der Waals surface area contributed by atoms with Crippen LogP contribution in [0.4, 0.5) is 0 Å². The lowest BCUT2D eigenvalue weighted by molar-refractivity contribution is -0.134. The molecular weight excluding hydrogens is 152 g/mol. The van der Waals surface area contributed by atoms with Crippen molar-refractivity contribution in [3.63, 3.8) is 0 Å². The zero-order chi connectivity index (χ0) is 8.41. The maximum absolute atomic E-state index is 9.00. The van der Waals surface area contributed by atoms with E-state index in [-0.39, 0.29) is 0 Å². The summed E-state index contributed by atoms with van der Waals surface area (Å²) in [5, 5.41) is 15.4. The van der Waals surface area contributed by atoms with Crippen molar-refractivity contribution in [3.05, 3.63) is 12.3 Å². The van der Waals surface area contributed by atoms with E-state index in [4.69, 9.17) is 15.0 Å². The van der Waals surface area contributed by atoms with Crippen molar-refractivity contribution in [2.75, 3.05) is 12.0 Å². The topological polar surface area (TPSA) is 57.5 Å². The third-order valence-corrected chi connectivity index (χ3v) is 0.894. The Hall–Kier alpha value is -0.640. The number of carbonyl (C=O) groups is 1. The lowest BCUT2D eigenvalue weighted by Gasteiger charge is -1.76. The predicted molar refractivity (Wildman–Crippen MR) is 43.5 cm³/mol. The van der Waals surface area contributed by atoms with Crippen LogP contribution in [0.2, 0.25) is 0 Å². The van der Waals surface area contributed by atoms with Gasteiger partial charge in [-0.25, -0.2) is 0 Å². The second kappa shape index (κ2) is 11.2. The summed E-state index contributed by atoms with van der Waals surface area (Å²) in [4.78, 5) is 9.00. The molecule has 0 aromatic carbocycles. The van der Waals surface area contributed by atoms with Crippen LogP contribution in [-0.4, -0.2) is 28.2 Å². The van der Waals surface area contributed by atoms with E-state index in [1.807, 2.05) is 6.26 Å². The zero-order valence-corrected chi connectivity index (χ0v) is 6.89. The molecule has 10 heavy (non-hydrogen) atoms. The van der Waals surface area contributed by atoms with Crippen LogP contribution in [0.3, 0.4) is 0 Å². The van der Waals surface area contributed by atoms with E-state index in [0.29, 0.717) is 0 Å². The van der Waals surface area contributed by atoms with Crippen molar-refractivity contribution in [3.8, 4) is 0 Å². The fourth-order valence-electron chi connectivity index (χ4n) is 0.139. The number of carboxylic acid groups (broad SMARTS) is 1. The Kier molecular flexibility index (Phi) is 13.5. The first-order valence-corrected chi connectivity index (χ1v) is 4.02. The van der Waals surface area contributed by atoms with Gasteiger partial charge in [0, 0.05) is 12.7 Å². The summed E-state index contributed by atoms with van der Waals surface area (Å²) in [5.74, 6) is 0.0660. The summed E-state index contributed by atoms with van der Waals surface area (Å²) in [6.07, 6.45) is 4.75. The predicted octanol–water partition coefficient (Wildman–Crippen LogP) is 1.51. The molecule has 2 N–H and O–H groups in total. The summed E-state index contributed by atoms with van der Waals surface area (Å²) in [5.41, 5.74) is 0. The SMILES string of the molecule is CC(=O)O.CSCC=CO. The van der Waals surface area contributed by atoms with E-state index in [0.717, 1.165) is 18.9 Å². The highest BCUT2D eigenvalue weighted by Crippen LogP contribution is 1.88. The lowest BCUT2D eigenvalue weighted by atomic mass is 10.7. The number of aliphatic carboxylic acids is 1. The molecule has 0 atom stereocenters. The van der Waals surface area contributed by atoms with Crippen molar-refractivity contribution >= 4 is 17.7 Å². The first-order chi connectivity index (χ1) is 4.65. The molecule has 0 aliphatic carbocycles. The van der Waals surface area contributed by atoms with E-state index >= 15 is 0 Å². The molecule has 0 aliphatic heterocycles. The Morgan fingerprint density at radius 3 is 2.20 bits per heavy atom. The van der Waals surface area contributed by atoms with E-state index in [9.17, 15) is 0 Å². The summed E-state index contributed by atoms with van der Waals surface area (Å²) < 4.78 is 0. The van der Waals surface area contributed by atoms with Gasteiger partial charge in [-0.2, -0.15) is 11.8 Å². The number of rotatable bonds is 2. The van der Waals surface area contributed by atoms with E-state index < -0.39 is 5.97 Å². The van der Waals surface area contributed by atoms with Crippen molar-refractivity contribution < 1.29 is 15.0 Å². The van der Waals surface area contributed by atoms with E-state index in [2.05, 4.69) is 0 Å². The van der Waals surface area contributed by atoms with Crippen LogP contribution in [0.1, 0.15) is 6.92 Å². The fourth-order valence-corrected chi connectivity index (χ4v) is 0.418. The number of carboxylic acids is 1. The van der Waals surface area contributed by atoms with Gasteiger partial charge in [0.25, 0.3) is 5.97 Å². The van der Waals surface area contributed by atoms with Gasteiger partial charge in [0.15, 0.2) is 0 Å². The van der Waals surface area contributed by atoms with Crippen molar-refractivity contribution in [2.24, 2.45) is 0 Å². The largest absolute Gasteiger partial charge is 0.516 e. The molecule has 0 aromatic heterocycles. The molecule has 3 nitrogen and oxygen atoms in total. The minimum absolute atomic E-state index is 0.833. The number of hydrogen-bond acceptors (Lipinski definition) is 3. The molecule has 0 radical (unpaired) electrons. The van der Waals surface area contributed by atoms with Gasteiger partial charge >= 0.3 is 0 Å². The first-order valence-electron chi connectivity index (χ1n) is 2.62. The number of hydrogen-bond donors (Lipinski definition) is 2.